The molecule has 18 nitrogen and oxygen atoms in total. The number of ether oxygens (including phenoxy) is 9. The van der Waals surface area contributed by atoms with Gasteiger partial charge in [0.15, 0.2) is 30.6 Å². The van der Waals surface area contributed by atoms with Gasteiger partial charge in [-0.3, -0.25) is 19.2 Å². The molecule has 0 unspecified atom stereocenters. The molecule has 2 fully saturated rings. The van der Waals surface area contributed by atoms with Crippen molar-refractivity contribution in [3.8, 4) is 0 Å². The summed E-state index contributed by atoms with van der Waals surface area (Å²) in [5.74, 6) is -4.17. The monoisotopic (exact) mass is 662 g/mol. The van der Waals surface area contributed by atoms with E-state index in [4.69, 9.17) is 42.6 Å². The SMILES string of the molecule is COC(=O)[C@@H]1CC[C@H](O[C@@H]2O[C@H](COC(C)=O)[C@@H](OC(C)=O)[C@H](OC(C)=O)[C@H]2OC(C)=O)N(C(=O)OC(C)C)N1C(=O)OC(C)C. The van der Waals surface area contributed by atoms with Crippen molar-refractivity contribution < 1.29 is 76.2 Å². The number of hydrogen-bond donors (Lipinski definition) is 0. The maximum Gasteiger partial charge on any atom is 0.431 e. The van der Waals surface area contributed by atoms with Gasteiger partial charge in [0.2, 0.25) is 6.29 Å². The molecular weight excluding hydrogens is 620 g/mol. The molecule has 0 aromatic heterocycles. The van der Waals surface area contributed by atoms with Crippen molar-refractivity contribution in [1.82, 2.24) is 10.0 Å². The Morgan fingerprint density at radius 2 is 1.20 bits per heavy atom. The molecule has 0 spiro atoms. The average molecular weight is 663 g/mol. The molecule has 0 N–H and O–H groups in total. The standard InChI is InChI=1S/C28H42N2O16/c1-13(2)40-27(36)29-19(25(35)38-9)10-11-21(30(29)28(37)41-14(3)4)46-26-24(44-18(8)34)23(43-17(7)33)22(42-16(6)32)20(45-26)12-39-15(5)31/h13-14,19-24,26H,10-12H2,1-9H3/t19-,20+,21-,22+,23-,24+,26-/m0/s1. The lowest BCUT2D eigenvalue weighted by Crippen LogP contribution is -2.67. The molecule has 0 aromatic rings. The number of hydrazine groups is 1. The van der Waals surface area contributed by atoms with Crippen molar-refractivity contribution in [3.63, 3.8) is 0 Å². The summed E-state index contributed by atoms with van der Waals surface area (Å²) in [5, 5.41) is 1.42. The highest BCUT2D eigenvalue weighted by Gasteiger charge is 2.55. The summed E-state index contributed by atoms with van der Waals surface area (Å²) in [6.07, 6.45) is -13.0. The topological polar surface area (TPSA) is 209 Å². The van der Waals surface area contributed by atoms with E-state index in [0.29, 0.717) is 10.0 Å². The van der Waals surface area contributed by atoms with Crippen LogP contribution in [0.2, 0.25) is 0 Å². The maximum absolute atomic E-state index is 13.5. The zero-order valence-electron chi connectivity index (χ0n) is 27.2. The molecule has 7 atom stereocenters. The second-order valence-corrected chi connectivity index (χ2v) is 10.8. The average Bonchev–Trinajstić information content (AvgIpc) is 2.92. The van der Waals surface area contributed by atoms with E-state index in [-0.39, 0.29) is 12.8 Å². The van der Waals surface area contributed by atoms with E-state index >= 15 is 0 Å². The molecule has 2 aliphatic heterocycles. The zero-order chi connectivity index (χ0) is 34.9. The minimum atomic E-state index is -1.71. The molecule has 2 saturated heterocycles. The van der Waals surface area contributed by atoms with Gasteiger partial charge in [-0.05, 0) is 40.5 Å². The number of hydrogen-bond acceptors (Lipinski definition) is 16. The van der Waals surface area contributed by atoms with Gasteiger partial charge in [0.05, 0.1) is 19.3 Å². The van der Waals surface area contributed by atoms with Crippen LogP contribution in [0.5, 0.6) is 0 Å². The number of carbonyl (C=O) groups is 7. The number of amides is 2. The van der Waals surface area contributed by atoms with Gasteiger partial charge in [0.1, 0.15) is 12.7 Å². The van der Waals surface area contributed by atoms with E-state index in [1.165, 1.54) is 0 Å². The Balaban J connectivity index is 2.67. The fourth-order valence-electron chi connectivity index (χ4n) is 4.70. The molecule has 0 radical (unpaired) electrons. The van der Waals surface area contributed by atoms with Crippen LogP contribution in [0, 0.1) is 0 Å². The Hall–Kier alpha value is -4.19. The highest BCUT2D eigenvalue weighted by atomic mass is 16.7. The number of rotatable bonds is 10. The van der Waals surface area contributed by atoms with Crippen LogP contribution in [0.15, 0.2) is 0 Å². The summed E-state index contributed by atoms with van der Waals surface area (Å²) < 4.78 is 49.0. The number of methoxy groups -OCH3 is 1. The Labute approximate surface area is 265 Å². The molecule has 2 aliphatic rings. The first kappa shape index (κ1) is 38.0. The molecule has 2 heterocycles. The quantitative estimate of drug-likeness (QED) is 0.239. The van der Waals surface area contributed by atoms with Crippen LogP contribution >= 0.6 is 0 Å². The largest absolute Gasteiger partial charge is 0.467 e. The maximum atomic E-state index is 13.5. The predicted molar refractivity (Wildman–Crippen MR) is 149 cm³/mol. The number of nitrogens with zero attached hydrogens (tertiary/aromatic N) is 2. The van der Waals surface area contributed by atoms with Crippen molar-refractivity contribution in [2.75, 3.05) is 13.7 Å². The first-order valence-electron chi connectivity index (χ1n) is 14.5. The molecule has 2 rings (SSSR count). The predicted octanol–water partition coefficient (Wildman–Crippen LogP) is 1.36. The molecular formula is C28H42N2O16. The molecule has 2 amide bonds. The van der Waals surface area contributed by atoms with Crippen LogP contribution in [-0.2, 0) is 66.6 Å². The Morgan fingerprint density at radius 3 is 1.67 bits per heavy atom. The van der Waals surface area contributed by atoms with Crippen LogP contribution in [0.3, 0.4) is 0 Å². The molecule has 18 heteroatoms. The fourth-order valence-corrected chi connectivity index (χ4v) is 4.70. The highest BCUT2D eigenvalue weighted by molar-refractivity contribution is 5.83. The van der Waals surface area contributed by atoms with Crippen LogP contribution in [0.1, 0.15) is 68.2 Å². The second-order valence-electron chi connectivity index (χ2n) is 10.8. The fraction of sp³-hybridized carbons (Fsp3) is 0.750. The summed E-state index contributed by atoms with van der Waals surface area (Å²) in [5.41, 5.74) is 0. The Kier molecular flexibility index (Phi) is 14.0. The highest BCUT2D eigenvalue weighted by Crippen LogP contribution is 2.34. The second kappa shape index (κ2) is 16.9. The lowest BCUT2D eigenvalue weighted by Gasteiger charge is -2.48. The van der Waals surface area contributed by atoms with E-state index in [2.05, 4.69) is 0 Å². The van der Waals surface area contributed by atoms with Crippen molar-refractivity contribution in [1.29, 1.82) is 0 Å². The smallest absolute Gasteiger partial charge is 0.431 e. The van der Waals surface area contributed by atoms with Gasteiger partial charge in [0, 0.05) is 27.7 Å². The van der Waals surface area contributed by atoms with E-state index in [0.717, 1.165) is 34.8 Å². The van der Waals surface area contributed by atoms with Gasteiger partial charge in [-0.25, -0.2) is 14.4 Å². The van der Waals surface area contributed by atoms with Crippen LogP contribution < -0.4 is 0 Å². The lowest BCUT2D eigenvalue weighted by molar-refractivity contribution is -0.336. The van der Waals surface area contributed by atoms with E-state index < -0.39 is 104 Å². The van der Waals surface area contributed by atoms with Gasteiger partial charge in [-0.15, -0.1) is 0 Å². The van der Waals surface area contributed by atoms with Gasteiger partial charge < -0.3 is 42.6 Å². The normalized spacial score (nSPS) is 26.1. The number of esters is 5. The summed E-state index contributed by atoms with van der Waals surface area (Å²) in [4.78, 5) is 87.7. The third-order valence-corrected chi connectivity index (χ3v) is 6.25. The van der Waals surface area contributed by atoms with Crippen LogP contribution in [0.25, 0.3) is 0 Å². The summed E-state index contributed by atoms with van der Waals surface area (Å²) in [6, 6.07) is -1.34. The first-order chi connectivity index (χ1) is 21.5. The Morgan fingerprint density at radius 1 is 0.696 bits per heavy atom. The summed E-state index contributed by atoms with van der Waals surface area (Å²) in [7, 11) is 1.10. The molecule has 0 aromatic carbocycles. The molecule has 0 aliphatic carbocycles. The van der Waals surface area contributed by atoms with Gasteiger partial charge in [0.25, 0.3) is 0 Å². The number of carbonyl (C=O) groups excluding carboxylic acids is 7. The molecule has 46 heavy (non-hydrogen) atoms. The minimum Gasteiger partial charge on any atom is -0.467 e. The Bertz CT molecular complexity index is 1140. The summed E-state index contributed by atoms with van der Waals surface area (Å²) in [6.45, 7) is 9.96. The zero-order valence-corrected chi connectivity index (χ0v) is 27.2. The van der Waals surface area contributed by atoms with Gasteiger partial charge in [-0.1, -0.05) is 0 Å². The minimum absolute atomic E-state index is 0.110. The molecule has 260 valence electrons. The molecule has 0 bridgehead atoms. The third kappa shape index (κ3) is 10.4. The molecule has 0 saturated carbocycles. The van der Waals surface area contributed by atoms with Crippen molar-refractivity contribution >= 4 is 42.0 Å². The van der Waals surface area contributed by atoms with Crippen LogP contribution in [-0.4, -0.2) is 121 Å². The van der Waals surface area contributed by atoms with Crippen molar-refractivity contribution in [2.24, 2.45) is 0 Å². The summed E-state index contributed by atoms with van der Waals surface area (Å²) >= 11 is 0. The van der Waals surface area contributed by atoms with Gasteiger partial charge >= 0.3 is 42.0 Å². The van der Waals surface area contributed by atoms with E-state index in [1.54, 1.807) is 27.7 Å². The van der Waals surface area contributed by atoms with E-state index in [1.807, 2.05) is 0 Å². The lowest BCUT2D eigenvalue weighted by atomic mass is 9.98. The first-order valence-corrected chi connectivity index (χ1v) is 14.5. The van der Waals surface area contributed by atoms with Crippen LogP contribution in [0.4, 0.5) is 9.59 Å². The van der Waals surface area contributed by atoms with Crippen molar-refractivity contribution in [2.45, 2.75) is 123 Å². The van der Waals surface area contributed by atoms with E-state index in [9.17, 15) is 33.6 Å². The van der Waals surface area contributed by atoms with Gasteiger partial charge in [-0.2, -0.15) is 10.0 Å². The third-order valence-electron chi connectivity index (χ3n) is 6.25. The van der Waals surface area contributed by atoms with Crippen molar-refractivity contribution in [3.05, 3.63) is 0 Å².